The molecule has 10 nitrogen and oxygen atoms in total. The lowest BCUT2D eigenvalue weighted by molar-refractivity contribution is -0.130. The first-order chi connectivity index (χ1) is 19.4. The first-order valence-corrected chi connectivity index (χ1v) is 12.9. The molecule has 0 saturated carbocycles. The van der Waals surface area contributed by atoms with Gasteiger partial charge >= 0.3 is 0 Å². The summed E-state index contributed by atoms with van der Waals surface area (Å²) in [4.78, 5) is 48.4. The number of carbonyl (C=O) groups excluding carboxylic acids is 3. The molecule has 4 aromatic rings. The summed E-state index contributed by atoms with van der Waals surface area (Å²) in [6.07, 6.45) is 3.21. The topological polar surface area (TPSA) is 134 Å². The van der Waals surface area contributed by atoms with E-state index in [1.165, 1.54) is 6.20 Å². The van der Waals surface area contributed by atoms with Gasteiger partial charge in [0, 0.05) is 47.7 Å². The van der Waals surface area contributed by atoms with E-state index in [4.69, 9.17) is 9.94 Å². The molecule has 1 saturated heterocycles. The fourth-order valence-electron chi connectivity index (χ4n) is 5.05. The highest BCUT2D eigenvalue weighted by molar-refractivity contribution is 5.96. The van der Waals surface area contributed by atoms with Crippen LogP contribution in [0.5, 0.6) is 5.75 Å². The van der Waals surface area contributed by atoms with Crippen molar-refractivity contribution in [2.75, 3.05) is 13.1 Å². The van der Waals surface area contributed by atoms with Gasteiger partial charge in [0.1, 0.15) is 12.4 Å². The van der Waals surface area contributed by atoms with Crippen LogP contribution in [0.15, 0.2) is 79.1 Å². The maximum Gasteiger partial charge on any atom is 0.255 e. The van der Waals surface area contributed by atoms with Crippen LogP contribution < -0.4 is 15.5 Å². The number of nitrogens with one attached hydrogen (secondary N) is 2. The van der Waals surface area contributed by atoms with E-state index < -0.39 is 17.4 Å². The van der Waals surface area contributed by atoms with Crippen molar-refractivity contribution in [1.29, 1.82) is 0 Å². The van der Waals surface area contributed by atoms with E-state index in [1.54, 1.807) is 53.0 Å². The molecule has 0 radical (unpaired) electrons. The Morgan fingerprint density at radius 3 is 2.60 bits per heavy atom. The Morgan fingerprint density at radius 1 is 1.05 bits per heavy atom. The molecule has 40 heavy (non-hydrogen) atoms. The number of likely N-dealkylation sites (tertiary alicyclic amines) is 1. The molecule has 5 rings (SSSR count). The third-order valence-electron chi connectivity index (χ3n) is 6.99. The van der Waals surface area contributed by atoms with E-state index in [0.717, 1.165) is 22.2 Å². The highest BCUT2D eigenvalue weighted by Gasteiger charge is 2.43. The van der Waals surface area contributed by atoms with E-state index >= 15 is 0 Å². The number of rotatable bonds is 8. The maximum absolute atomic E-state index is 13.2. The number of ether oxygens (including phenoxy) is 1. The van der Waals surface area contributed by atoms with Gasteiger partial charge < -0.3 is 15.0 Å². The smallest absolute Gasteiger partial charge is 0.255 e. The zero-order chi connectivity index (χ0) is 28.1. The molecule has 1 unspecified atom stereocenters. The van der Waals surface area contributed by atoms with Gasteiger partial charge in [-0.2, -0.15) is 0 Å². The second-order valence-corrected chi connectivity index (χ2v) is 9.92. The van der Waals surface area contributed by atoms with Crippen LogP contribution in [-0.2, 0) is 11.4 Å². The number of fused-ring (bicyclic) bond motifs is 1. The van der Waals surface area contributed by atoms with Crippen LogP contribution in [0.1, 0.15) is 44.8 Å². The van der Waals surface area contributed by atoms with Crippen LogP contribution in [0.3, 0.4) is 0 Å². The number of hydrogen-bond acceptors (Lipinski definition) is 7. The van der Waals surface area contributed by atoms with E-state index in [2.05, 4.69) is 15.3 Å². The average molecular weight is 540 g/mol. The first kappa shape index (κ1) is 26.8. The van der Waals surface area contributed by atoms with Gasteiger partial charge in [-0.3, -0.25) is 29.6 Å². The van der Waals surface area contributed by atoms with E-state index in [0.29, 0.717) is 36.4 Å². The number of aromatic nitrogens is 2. The molecule has 0 spiro atoms. The number of pyridine rings is 2. The molecule has 3 N–H and O–H groups in total. The van der Waals surface area contributed by atoms with Crippen molar-refractivity contribution in [2.24, 2.45) is 0 Å². The van der Waals surface area contributed by atoms with Gasteiger partial charge in [0.05, 0.1) is 23.0 Å². The molecular weight excluding hydrogens is 510 g/mol. The highest BCUT2D eigenvalue weighted by atomic mass is 16.5. The third kappa shape index (κ3) is 5.92. The minimum absolute atomic E-state index is 0.111. The molecule has 10 heteroatoms. The largest absolute Gasteiger partial charge is 0.489 e. The number of carbonyl (C=O) groups is 3. The van der Waals surface area contributed by atoms with E-state index in [-0.39, 0.29) is 18.9 Å². The summed E-state index contributed by atoms with van der Waals surface area (Å²) in [5.41, 5.74) is 4.20. The molecule has 2 aromatic heterocycles. The molecular formula is C30H29N5O5. The molecule has 1 atom stereocenters. The Kier molecular flexibility index (Phi) is 7.70. The second-order valence-electron chi connectivity index (χ2n) is 9.92. The van der Waals surface area contributed by atoms with Crippen molar-refractivity contribution >= 4 is 28.6 Å². The van der Waals surface area contributed by atoms with E-state index in [1.807, 2.05) is 37.3 Å². The van der Waals surface area contributed by atoms with Crippen LogP contribution in [-0.4, -0.2) is 56.4 Å². The number of hydroxylamine groups is 1. The molecule has 0 bridgehead atoms. The van der Waals surface area contributed by atoms with Crippen molar-refractivity contribution in [3.8, 4) is 5.75 Å². The van der Waals surface area contributed by atoms with Gasteiger partial charge in [-0.25, -0.2) is 5.48 Å². The first-order valence-electron chi connectivity index (χ1n) is 12.9. The lowest BCUT2D eigenvalue weighted by atomic mass is 9.93. The molecule has 1 aliphatic rings. The lowest BCUT2D eigenvalue weighted by Gasteiger charge is -2.30. The molecule has 1 aliphatic heterocycles. The van der Waals surface area contributed by atoms with Gasteiger partial charge in [-0.05, 0) is 61.9 Å². The number of benzene rings is 2. The van der Waals surface area contributed by atoms with Crippen molar-refractivity contribution in [2.45, 2.75) is 31.9 Å². The molecule has 204 valence electrons. The van der Waals surface area contributed by atoms with Crippen LogP contribution in [0.2, 0.25) is 0 Å². The minimum Gasteiger partial charge on any atom is -0.489 e. The number of para-hydroxylation sites is 1. The summed E-state index contributed by atoms with van der Waals surface area (Å²) < 4.78 is 6.00. The predicted molar refractivity (Wildman–Crippen MR) is 147 cm³/mol. The predicted octanol–water partition coefficient (Wildman–Crippen LogP) is 3.43. The quantitative estimate of drug-likeness (QED) is 0.231. The number of aryl methyl sites for hydroxylation is 1. The molecule has 3 amide bonds. The van der Waals surface area contributed by atoms with Gasteiger partial charge in [0.15, 0.2) is 0 Å². The minimum atomic E-state index is -1.04. The van der Waals surface area contributed by atoms with Gasteiger partial charge in [-0.15, -0.1) is 0 Å². The van der Waals surface area contributed by atoms with Crippen LogP contribution in [0, 0.1) is 6.92 Å². The van der Waals surface area contributed by atoms with Crippen LogP contribution in [0.4, 0.5) is 0 Å². The zero-order valence-electron chi connectivity index (χ0n) is 22.0. The maximum atomic E-state index is 13.2. The summed E-state index contributed by atoms with van der Waals surface area (Å²) in [6, 6.07) is 19.9. The zero-order valence-corrected chi connectivity index (χ0v) is 22.0. The summed E-state index contributed by atoms with van der Waals surface area (Å²) >= 11 is 0. The summed E-state index contributed by atoms with van der Waals surface area (Å²) in [5.74, 6) is -0.701. The van der Waals surface area contributed by atoms with E-state index in [9.17, 15) is 14.4 Å². The van der Waals surface area contributed by atoms with Crippen molar-refractivity contribution in [3.05, 3.63) is 102 Å². The van der Waals surface area contributed by atoms with Gasteiger partial charge in [0.25, 0.3) is 11.8 Å². The Labute approximate surface area is 231 Å². The molecule has 0 aliphatic carbocycles. The number of amides is 3. The van der Waals surface area contributed by atoms with Crippen molar-refractivity contribution in [3.63, 3.8) is 0 Å². The lowest BCUT2D eigenvalue weighted by Crippen LogP contribution is -2.53. The monoisotopic (exact) mass is 539 g/mol. The van der Waals surface area contributed by atoms with Crippen molar-refractivity contribution < 1.29 is 24.3 Å². The van der Waals surface area contributed by atoms with Gasteiger partial charge in [0.2, 0.25) is 5.91 Å². The SMILES string of the molecule is Cc1cc(COc2ccc(C(=O)NC3(CC(=O)NO)CCN(C(=O)c4cccnc4)C3)cc2)c2ccccc2n1. The second kappa shape index (κ2) is 11.5. The molecule has 2 aromatic carbocycles. The number of hydrogen-bond donors (Lipinski definition) is 3. The number of nitrogens with zero attached hydrogens (tertiary/aromatic N) is 3. The van der Waals surface area contributed by atoms with Crippen LogP contribution in [0.25, 0.3) is 10.9 Å². The summed E-state index contributed by atoms with van der Waals surface area (Å²) in [7, 11) is 0. The molecule has 1 fully saturated rings. The normalized spacial score (nSPS) is 16.5. The third-order valence-corrected chi connectivity index (χ3v) is 6.99. The Hall–Kier alpha value is -4.83. The average Bonchev–Trinajstić information content (AvgIpc) is 3.39. The standard InChI is InChI=1S/C30H29N5O5/c1-20-15-23(25-6-2-3-7-26(25)32-20)18-40-24-10-8-21(9-11-24)28(37)33-30(16-27(36)34-39)12-14-35(19-30)29(38)22-5-4-13-31-17-22/h2-11,13,15,17,39H,12,14,16,18-19H2,1H3,(H,33,37)(H,34,36). The van der Waals surface area contributed by atoms with Gasteiger partial charge in [-0.1, -0.05) is 18.2 Å². The Balaban J connectivity index is 1.26. The Morgan fingerprint density at radius 2 is 1.85 bits per heavy atom. The fourth-order valence-corrected chi connectivity index (χ4v) is 5.05. The van der Waals surface area contributed by atoms with Crippen LogP contribution >= 0.6 is 0 Å². The highest BCUT2D eigenvalue weighted by Crippen LogP contribution is 2.28. The van der Waals surface area contributed by atoms with Crippen molar-refractivity contribution in [1.82, 2.24) is 25.7 Å². The summed E-state index contributed by atoms with van der Waals surface area (Å²) in [5, 5.41) is 13.1. The molecule has 3 heterocycles. The summed E-state index contributed by atoms with van der Waals surface area (Å²) in [6.45, 7) is 2.73. The fraction of sp³-hybridized carbons (Fsp3) is 0.233. The Bertz CT molecular complexity index is 1540.